The molecular formula is C15H20N2O3. The van der Waals surface area contributed by atoms with Crippen LogP contribution < -0.4 is 9.47 Å². The molecule has 0 spiro atoms. The first kappa shape index (κ1) is 14.4. The van der Waals surface area contributed by atoms with Crippen molar-refractivity contribution >= 4 is 0 Å². The first-order chi connectivity index (χ1) is 9.78. The zero-order valence-corrected chi connectivity index (χ0v) is 12.2. The van der Waals surface area contributed by atoms with Gasteiger partial charge in [0.25, 0.3) is 0 Å². The summed E-state index contributed by atoms with van der Waals surface area (Å²) in [6, 6.07) is 5.63. The van der Waals surface area contributed by atoms with Gasteiger partial charge in [-0.15, -0.1) is 0 Å². The highest BCUT2D eigenvalue weighted by Gasteiger charge is 2.12. The van der Waals surface area contributed by atoms with Gasteiger partial charge in [0, 0.05) is 12.0 Å². The Hall–Kier alpha value is -2.04. The number of hydrogen-bond acceptors (Lipinski definition) is 5. The third-order valence-electron chi connectivity index (χ3n) is 2.93. The molecule has 0 aliphatic carbocycles. The molecule has 0 atom stereocenters. The first-order valence-electron chi connectivity index (χ1n) is 6.92. The Morgan fingerprint density at radius 3 is 2.75 bits per heavy atom. The predicted octanol–water partition coefficient (Wildman–Crippen LogP) is 3.49. The number of aryl methyl sites for hydroxylation is 1. The summed E-state index contributed by atoms with van der Waals surface area (Å²) in [5.41, 5.74) is 0.858. The molecule has 1 heterocycles. The van der Waals surface area contributed by atoms with Crippen molar-refractivity contribution in [3.05, 3.63) is 24.1 Å². The number of ether oxygens (including phenoxy) is 2. The third-order valence-corrected chi connectivity index (χ3v) is 2.93. The molecular weight excluding hydrogens is 256 g/mol. The molecule has 0 unspecified atom stereocenters. The van der Waals surface area contributed by atoms with E-state index in [-0.39, 0.29) is 0 Å². The minimum Gasteiger partial charge on any atom is -0.493 e. The summed E-state index contributed by atoms with van der Waals surface area (Å²) in [5.74, 6) is 2.64. The van der Waals surface area contributed by atoms with Gasteiger partial charge in [-0.05, 0) is 31.5 Å². The Kier molecular flexibility index (Phi) is 4.98. The van der Waals surface area contributed by atoms with Crippen LogP contribution in [0.4, 0.5) is 0 Å². The number of rotatable bonds is 7. The van der Waals surface area contributed by atoms with Gasteiger partial charge in [-0.25, -0.2) is 0 Å². The fourth-order valence-electron chi connectivity index (χ4n) is 1.88. The highest BCUT2D eigenvalue weighted by Crippen LogP contribution is 2.31. The van der Waals surface area contributed by atoms with Crippen molar-refractivity contribution in [1.82, 2.24) is 10.1 Å². The Balaban J connectivity index is 2.21. The normalized spacial score (nSPS) is 10.6. The second-order valence-electron chi connectivity index (χ2n) is 4.41. The van der Waals surface area contributed by atoms with E-state index >= 15 is 0 Å². The fraction of sp³-hybridized carbons (Fsp3) is 0.467. The van der Waals surface area contributed by atoms with Crippen LogP contribution >= 0.6 is 0 Å². The predicted molar refractivity (Wildman–Crippen MR) is 76.1 cm³/mol. The Bertz CT molecular complexity index is 552. The van der Waals surface area contributed by atoms with Crippen molar-refractivity contribution in [3.8, 4) is 22.9 Å². The summed E-state index contributed by atoms with van der Waals surface area (Å²) in [7, 11) is 1.62. The molecule has 108 valence electrons. The van der Waals surface area contributed by atoms with E-state index in [4.69, 9.17) is 14.0 Å². The number of benzene rings is 1. The molecule has 0 N–H and O–H groups in total. The number of nitrogens with zero attached hydrogens (tertiary/aromatic N) is 2. The van der Waals surface area contributed by atoms with Crippen LogP contribution in [0.15, 0.2) is 22.7 Å². The fourth-order valence-corrected chi connectivity index (χ4v) is 1.88. The number of methoxy groups -OCH3 is 1. The van der Waals surface area contributed by atoms with Gasteiger partial charge in [0.1, 0.15) is 0 Å². The zero-order chi connectivity index (χ0) is 14.4. The summed E-state index contributed by atoms with van der Waals surface area (Å²) >= 11 is 0. The quantitative estimate of drug-likeness (QED) is 0.774. The Morgan fingerprint density at radius 1 is 1.20 bits per heavy atom. The van der Waals surface area contributed by atoms with Gasteiger partial charge in [-0.1, -0.05) is 18.5 Å². The molecule has 0 aliphatic rings. The molecule has 0 saturated carbocycles. The van der Waals surface area contributed by atoms with Crippen molar-refractivity contribution in [2.75, 3.05) is 13.7 Å². The van der Waals surface area contributed by atoms with Crippen molar-refractivity contribution in [2.24, 2.45) is 0 Å². The minimum atomic E-state index is 0.581. The van der Waals surface area contributed by atoms with E-state index in [0.717, 1.165) is 24.8 Å². The molecule has 20 heavy (non-hydrogen) atoms. The van der Waals surface area contributed by atoms with Gasteiger partial charge in [-0.3, -0.25) is 0 Å². The average molecular weight is 276 g/mol. The maximum atomic E-state index is 5.49. The van der Waals surface area contributed by atoms with Gasteiger partial charge < -0.3 is 14.0 Å². The first-order valence-corrected chi connectivity index (χ1v) is 6.92. The maximum absolute atomic E-state index is 5.49. The van der Waals surface area contributed by atoms with E-state index in [0.29, 0.717) is 29.8 Å². The van der Waals surface area contributed by atoms with Crippen molar-refractivity contribution < 1.29 is 14.0 Å². The molecule has 0 amide bonds. The van der Waals surface area contributed by atoms with Crippen LogP contribution in [0.2, 0.25) is 0 Å². The van der Waals surface area contributed by atoms with E-state index < -0.39 is 0 Å². The summed E-state index contributed by atoms with van der Waals surface area (Å²) < 4.78 is 16.0. The van der Waals surface area contributed by atoms with Crippen molar-refractivity contribution in [1.29, 1.82) is 0 Å². The summed E-state index contributed by atoms with van der Waals surface area (Å²) in [5, 5.41) is 4.01. The van der Waals surface area contributed by atoms with Gasteiger partial charge >= 0.3 is 0 Å². The van der Waals surface area contributed by atoms with Gasteiger partial charge in [0.15, 0.2) is 11.5 Å². The van der Waals surface area contributed by atoms with Crippen molar-refractivity contribution in [2.45, 2.75) is 33.1 Å². The Morgan fingerprint density at radius 2 is 2.05 bits per heavy atom. The van der Waals surface area contributed by atoms with Crippen LogP contribution in [0.25, 0.3) is 11.4 Å². The lowest BCUT2D eigenvalue weighted by Crippen LogP contribution is -1.95. The van der Waals surface area contributed by atoms with E-state index in [1.165, 1.54) is 0 Å². The number of unbranched alkanes of at least 4 members (excludes halogenated alkanes) is 1. The van der Waals surface area contributed by atoms with Gasteiger partial charge in [-0.2, -0.15) is 4.98 Å². The maximum Gasteiger partial charge on any atom is 0.226 e. The smallest absolute Gasteiger partial charge is 0.226 e. The topological polar surface area (TPSA) is 57.4 Å². The summed E-state index contributed by atoms with van der Waals surface area (Å²) in [4.78, 5) is 4.39. The van der Waals surface area contributed by atoms with Gasteiger partial charge in [0.05, 0.1) is 13.7 Å². The van der Waals surface area contributed by atoms with Gasteiger partial charge in [0.2, 0.25) is 11.7 Å². The molecule has 5 nitrogen and oxygen atoms in total. The Labute approximate surface area is 118 Å². The van der Waals surface area contributed by atoms with E-state index in [9.17, 15) is 0 Å². The molecule has 0 aliphatic heterocycles. The van der Waals surface area contributed by atoms with E-state index in [2.05, 4.69) is 17.1 Å². The van der Waals surface area contributed by atoms with E-state index in [1.54, 1.807) is 7.11 Å². The molecule has 0 radical (unpaired) electrons. The largest absolute Gasteiger partial charge is 0.493 e. The average Bonchev–Trinajstić information content (AvgIpc) is 2.94. The van der Waals surface area contributed by atoms with Crippen LogP contribution in [0.5, 0.6) is 11.5 Å². The van der Waals surface area contributed by atoms with Crippen LogP contribution in [-0.4, -0.2) is 23.9 Å². The number of aromatic nitrogens is 2. The van der Waals surface area contributed by atoms with Crippen LogP contribution in [-0.2, 0) is 6.42 Å². The molecule has 2 aromatic rings. The second kappa shape index (κ2) is 6.93. The standard InChI is InChI=1S/C15H20N2O3/c1-4-6-7-14-16-15(17-20-14)11-8-9-12(19-5-2)13(10-11)18-3/h8-10H,4-7H2,1-3H3. The van der Waals surface area contributed by atoms with Crippen LogP contribution in [0.1, 0.15) is 32.6 Å². The van der Waals surface area contributed by atoms with Crippen LogP contribution in [0, 0.1) is 0 Å². The zero-order valence-electron chi connectivity index (χ0n) is 12.2. The lowest BCUT2D eigenvalue weighted by atomic mass is 10.2. The lowest BCUT2D eigenvalue weighted by Gasteiger charge is -2.09. The molecule has 0 fully saturated rings. The highest BCUT2D eigenvalue weighted by molar-refractivity contribution is 5.60. The number of hydrogen-bond donors (Lipinski definition) is 0. The molecule has 1 aromatic carbocycles. The lowest BCUT2D eigenvalue weighted by molar-refractivity contribution is 0.311. The summed E-state index contributed by atoms with van der Waals surface area (Å²) in [6.45, 7) is 4.67. The molecule has 0 bridgehead atoms. The molecule has 1 aromatic heterocycles. The monoisotopic (exact) mass is 276 g/mol. The molecule has 0 saturated heterocycles. The summed E-state index contributed by atoms with van der Waals surface area (Å²) in [6.07, 6.45) is 2.97. The van der Waals surface area contributed by atoms with E-state index in [1.807, 2.05) is 25.1 Å². The van der Waals surface area contributed by atoms with Crippen LogP contribution in [0.3, 0.4) is 0 Å². The molecule has 2 rings (SSSR count). The van der Waals surface area contributed by atoms with Crippen molar-refractivity contribution in [3.63, 3.8) is 0 Å². The third kappa shape index (κ3) is 3.29. The molecule has 5 heteroatoms. The minimum absolute atomic E-state index is 0.581. The second-order valence-corrected chi connectivity index (χ2v) is 4.41. The highest BCUT2D eigenvalue weighted by atomic mass is 16.5. The SMILES string of the molecule is CCCCc1nc(-c2ccc(OCC)c(OC)c2)no1.